The Hall–Kier alpha value is -1.26. The summed E-state index contributed by atoms with van der Waals surface area (Å²) in [4.78, 5) is 0. The van der Waals surface area contributed by atoms with Gasteiger partial charge in [-0.05, 0) is 39.5 Å². The van der Waals surface area contributed by atoms with Crippen LogP contribution >= 0.6 is 15.9 Å². The average Bonchev–Trinajstić information content (AvgIpc) is 2.45. The first-order chi connectivity index (χ1) is 9.54. The lowest BCUT2D eigenvalue weighted by molar-refractivity contribution is 0.218. The Morgan fingerprint density at radius 2 is 1.95 bits per heavy atom. The van der Waals surface area contributed by atoms with Crippen LogP contribution in [-0.4, -0.2) is 5.11 Å². The largest absolute Gasteiger partial charge is 0.384 e. The quantitative estimate of drug-likeness (QED) is 0.795. The van der Waals surface area contributed by atoms with Crippen molar-refractivity contribution in [3.05, 3.63) is 69.2 Å². The van der Waals surface area contributed by atoms with Gasteiger partial charge in [-0.15, -0.1) is 0 Å². The molecule has 106 valence electrons. The molecule has 0 radical (unpaired) electrons. The smallest absolute Gasteiger partial charge is 0.173 e. The van der Waals surface area contributed by atoms with Crippen molar-refractivity contribution in [3.8, 4) is 0 Å². The standard InChI is InChI=1S/C16H15BrF2O/c1-2-4-10-5-3-6-11(9-10)16(20)12-7-8-13(18)15(19)14(12)17/h3,5-9,16,20H,2,4H2,1H3. The SMILES string of the molecule is CCCc1cccc(C(O)c2ccc(F)c(F)c2Br)c1. The van der Waals surface area contributed by atoms with E-state index in [1.165, 1.54) is 6.07 Å². The minimum absolute atomic E-state index is 0.0362. The van der Waals surface area contributed by atoms with Gasteiger partial charge in [-0.2, -0.15) is 0 Å². The highest BCUT2D eigenvalue weighted by Crippen LogP contribution is 2.31. The number of rotatable bonds is 4. The van der Waals surface area contributed by atoms with Gasteiger partial charge >= 0.3 is 0 Å². The molecule has 0 heterocycles. The third-order valence-corrected chi connectivity index (χ3v) is 3.97. The highest BCUT2D eigenvalue weighted by atomic mass is 79.9. The van der Waals surface area contributed by atoms with Crippen LogP contribution in [-0.2, 0) is 6.42 Å². The summed E-state index contributed by atoms with van der Waals surface area (Å²) >= 11 is 3.00. The molecule has 0 bridgehead atoms. The van der Waals surface area contributed by atoms with E-state index >= 15 is 0 Å². The summed E-state index contributed by atoms with van der Waals surface area (Å²) in [6.07, 6.45) is 0.935. The summed E-state index contributed by atoms with van der Waals surface area (Å²) in [7, 11) is 0. The summed E-state index contributed by atoms with van der Waals surface area (Å²) in [5.41, 5.74) is 2.10. The van der Waals surface area contributed by atoms with Gasteiger partial charge in [0, 0.05) is 5.56 Å². The zero-order chi connectivity index (χ0) is 14.7. The van der Waals surface area contributed by atoms with E-state index in [2.05, 4.69) is 22.9 Å². The van der Waals surface area contributed by atoms with E-state index in [1.54, 1.807) is 6.07 Å². The molecule has 1 nitrogen and oxygen atoms in total. The molecule has 0 aliphatic rings. The van der Waals surface area contributed by atoms with E-state index in [0.717, 1.165) is 24.5 Å². The van der Waals surface area contributed by atoms with Crippen LogP contribution < -0.4 is 0 Å². The Kier molecular flexibility index (Phi) is 4.89. The minimum Gasteiger partial charge on any atom is -0.384 e. The highest BCUT2D eigenvalue weighted by Gasteiger charge is 2.18. The lowest BCUT2D eigenvalue weighted by atomic mass is 9.98. The number of aliphatic hydroxyl groups excluding tert-OH is 1. The van der Waals surface area contributed by atoms with Gasteiger partial charge in [0.1, 0.15) is 6.10 Å². The molecular weight excluding hydrogens is 326 g/mol. The molecule has 1 unspecified atom stereocenters. The Bertz CT molecular complexity index is 613. The van der Waals surface area contributed by atoms with Crippen molar-refractivity contribution >= 4 is 15.9 Å². The number of aliphatic hydroxyl groups is 1. The van der Waals surface area contributed by atoms with Crippen LogP contribution in [0.15, 0.2) is 40.9 Å². The molecule has 0 spiro atoms. The number of benzene rings is 2. The topological polar surface area (TPSA) is 20.2 Å². The fraction of sp³-hybridized carbons (Fsp3) is 0.250. The van der Waals surface area contributed by atoms with Gasteiger partial charge in [-0.3, -0.25) is 0 Å². The molecule has 0 saturated heterocycles. The van der Waals surface area contributed by atoms with Crippen molar-refractivity contribution in [2.75, 3.05) is 0 Å². The first-order valence-electron chi connectivity index (χ1n) is 6.45. The Labute approximate surface area is 125 Å². The number of hydrogen-bond donors (Lipinski definition) is 1. The first-order valence-corrected chi connectivity index (χ1v) is 7.24. The Morgan fingerprint density at radius 1 is 1.20 bits per heavy atom. The van der Waals surface area contributed by atoms with Crippen molar-refractivity contribution < 1.29 is 13.9 Å². The van der Waals surface area contributed by atoms with E-state index in [-0.39, 0.29) is 4.47 Å². The van der Waals surface area contributed by atoms with Gasteiger partial charge in [0.05, 0.1) is 4.47 Å². The molecule has 0 fully saturated rings. The summed E-state index contributed by atoms with van der Waals surface area (Å²) < 4.78 is 26.6. The molecule has 1 N–H and O–H groups in total. The van der Waals surface area contributed by atoms with Gasteiger partial charge in [-0.25, -0.2) is 8.78 Å². The number of aryl methyl sites for hydroxylation is 1. The van der Waals surface area contributed by atoms with E-state index in [9.17, 15) is 13.9 Å². The summed E-state index contributed by atoms with van der Waals surface area (Å²) in [5.74, 6) is -1.92. The van der Waals surface area contributed by atoms with Gasteiger partial charge in [0.15, 0.2) is 11.6 Å². The van der Waals surface area contributed by atoms with Gasteiger partial charge < -0.3 is 5.11 Å². The second-order valence-corrected chi connectivity index (χ2v) is 5.46. The molecule has 2 aromatic rings. The lowest BCUT2D eigenvalue weighted by Crippen LogP contribution is -2.03. The number of hydrogen-bond acceptors (Lipinski definition) is 1. The van der Waals surface area contributed by atoms with Crippen molar-refractivity contribution in [2.45, 2.75) is 25.9 Å². The van der Waals surface area contributed by atoms with Crippen LogP contribution in [0.3, 0.4) is 0 Å². The molecule has 0 amide bonds. The van der Waals surface area contributed by atoms with E-state index in [4.69, 9.17) is 0 Å². The van der Waals surface area contributed by atoms with Crippen LogP contribution in [0, 0.1) is 11.6 Å². The summed E-state index contributed by atoms with van der Waals surface area (Å²) in [5, 5.41) is 10.4. The Morgan fingerprint density at radius 3 is 2.65 bits per heavy atom. The zero-order valence-corrected chi connectivity index (χ0v) is 12.6. The zero-order valence-electron chi connectivity index (χ0n) is 11.0. The highest BCUT2D eigenvalue weighted by molar-refractivity contribution is 9.10. The van der Waals surface area contributed by atoms with Crippen LogP contribution in [0.2, 0.25) is 0 Å². The van der Waals surface area contributed by atoms with Crippen LogP contribution in [0.1, 0.15) is 36.1 Å². The second-order valence-electron chi connectivity index (χ2n) is 4.66. The molecule has 0 saturated carbocycles. The molecule has 0 aliphatic heterocycles. The molecule has 2 rings (SSSR count). The van der Waals surface area contributed by atoms with Gasteiger partial charge in [0.2, 0.25) is 0 Å². The second kappa shape index (κ2) is 6.46. The maximum Gasteiger partial charge on any atom is 0.173 e. The van der Waals surface area contributed by atoms with Crippen LogP contribution in [0.5, 0.6) is 0 Å². The third-order valence-electron chi connectivity index (χ3n) is 3.17. The maximum absolute atomic E-state index is 13.5. The van der Waals surface area contributed by atoms with E-state index in [1.807, 2.05) is 18.2 Å². The van der Waals surface area contributed by atoms with Crippen LogP contribution in [0.4, 0.5) is 8.78 Å². The first kappa shape index (κ1) is 15.1. The molecule has 0 aromatic heterocycles. The predicted molar refractivity (Wildman–Crippen MR) is 78.6 cm³/mol. The van der Waals surface area contributed by atoms with Crippen molar-refractivity contribution in [3.63, 3.8) is 0 Å². The molecule has 1 atom stereocenters. The fourth-order valence-corrected chi connectivity index (χ4v) is 2.68. The third kappa shape index (κ3) is 3.07. The normalized spacial score (nSPS) is 12.4. The van der Waals surface area contributed by atoms with Crippen molar-refractivity contribution in [1.29, 1.82) is 0 Å². The average molecular weight is 341 g/mol. The molecule has 20 heavy (non-hydrogen) atoms. The fourth-order valence-electron chi connectivity index (χ4n) is 2.14. The van der Waals surface area contributed by atoms with Crippen molar-refractivity contribution in [1.82, 2.24) is 0 Å². The lowest BCUT2D eigenvalue weighted by Gasteiger charge is -2.15. The summed E-state index contributed by atoms with van der Waals surface area (Å²) in [6.45, 7) is 2.08. The van der Waals surface area contributed by atoms with E-state index < -0.39 is 17.7 Å². The van der Waals surface area contributed by atoms with Crippen molar-refractivity contribution in [2.24, 2.45) is 0 Å². The van der Waals surface area contributed by atoms with Gasteiger partial charge in [0.25, 0.3) is 0 Å². The van der Waals surface area contributed by atoms with Gasteiger partial charge in [-0.1, -0.05) is 43.7 Å². The van der Waals surface area contributed by atoms with Crippen LogP contribution in [0.25, 0.3) is 0 Å². The monoisotopic (exact) mass is 340 g/mol. The molecule has 2 aromatic carbocycles. The molecular formula is C16H15BrF2O. The predicted octanol–water partition coefficient (Wildman–Crippen LogP) is 4.76. The number of halogens is 3. The summed E-state index contributed by atoms with van der Waals surface area (Å²) in [6, 6.07) is 9.92. The Balaban J connectivity index is 2.38. The molecule has 4 heteroatoms. The molecule has 0 aliphatic carbocycles. The maximum atomic E-state index is 13.5. The minimum atomic E-state index is -0.990. The van der Waals surface area contributed by atoms with E-state index in [0.29, 0.717) is 11.1 Å².